The van der Waals surface area contributed by atoms with Crippen LogP contribution in [0.2, 0.25) is 0 Å². The molecule has 1 aliphatic rings. The van der Waals surface area contributed by atoms with Gasteiger partial charge in [0.05, 0.1) is 23.4 Å². The smallest absolute Gasteiger partial charge is 0.326 e. The number of carbonyl (C=O) groups is 8. The zero-order valence-electron chi connectivity index (χ0n) is 48.2. The van der Waals surface area contributed by atoms with E-state index in [0.29, 0.717) is 79.7 Å². The predicted molar refractivity (Wildman–Crippen MR) is 328 cm³/mol. The van der Waals surface area contributed by atoms with Crippen molar-refractivity contribution in [2.75, 3.05) is 69.7 Å². The fourth-order valence-corrected chi connectivity index (χ4v) is 11.2. The molecule has 0 unspecified atom stereocenters. The second kappa shape index (κ2) is 34.5. The number of phenols is 1. The normalized spacial score (nSPS) is 16.2. The van der Waals surface area contributed by atoms with E-state index in [1.165, 1.54) is 55.5 Å². The summed E-state index contributed by atoms with van der Waals surface area (Å²) in [7, 11) is -3.72. The first-order chi connectivity index (χ1) is 41.0. The molecule has 1 fully saturated rings. The summed E-state index contributed by atoms with van der Waals surface area (Å²) in [5.74, 6) is -8.20. The molecule has 9 atom stereocenters. The molecule has 1 aromatic heterocycles. The number of aliphatic hydroxyl groups excluding tert-OH is 2. The Morgan fingerprint density at radius 2 is 1.09 bits per heavy atom. The number of β-amino-alcohol motifs (C(OH)–C–C–N with tert-alkyl or cyclic N) is 1. The molecule has 0 radical (unpaired) electrons. The Labute approximate surface area is 510 Å². The number of fused-ring (bicyclic) bond motifs is 1. The van der Waals surface area contributed by atoms with Crippen molar-refractivity contribution in [3.8, 4) is 5.75 Å². The summed E-state index contributed by atoms with van der Waals surface area (Å²) in [6.07, 6.45) is 0.582. The number of nitrogens with one attached hydrogen (secondary N) is 8. The number of piperazine rings is 1. The number of aromatic hydroxyl groups is 1. The van der Waals surface area contributed by atoms with E-state index in [1.54, 1.807) is 37.4 Å². The van der Waals surface area contributed by atoms with E-state index in [1.807, 2.05) is 4.90 Å². The van der Waals surface area contributed by atoms with Crippen LogP contribution < -0.4 is 48.7 Å². The van der Waals surface area contributed by atoms with Crippen molar-refractivity contribution in [2.45, 2.75) is 118 Å². The number of hydrogen-bond acceptors (Lipinski definition) is 19. The number of phenolic OH excluding ortho intramolecular Hbond substituents is 1. The fourth-order valence-electron chi connectivity index (χ4n) is 9.44. The number of nitrogens with two attached hydrogens (primary N) is 2. The van der Waals surface area contributed by atoms with Crippen LogP contribution in [0.1, 0.15) is 56.2 Å². The third-order valence-corrected chi connectivity index (χ3v) is 17.2. The van der Waals surface area contributed by atoms with Crippen LogP contribution in [0, 0.1) is 0 Å². The molecule has 0 spiro atoms. The largest absolute Gasteiger partial charge is 0.508 e. The van der Waals surface area contributed by atoms with Gasteiger partial charge in [-0.1, -0.05) is 49.4 Å². The van der Waals surface area contributed by atoms with E-state index >= 15 is 0 Å². The van der Waals surface area contributed by atoms with E-state index in [-0.39, 0.29) is 73.2 Å². The van der Waals surface area contributed by atoms with Gasteiger partial charge in [0.15, 0.2) is 9.84 Å². The van der Waals surface area contributed by atoms with Gasteiger partial charge in [0.2, 0.25) is 41.4 Å². The molecule has 26 nitrogen and oxygen atoms in total. The van der Waals surface area contributed by atoms with Crippen molar-refractivity contribution in [1.29, 1.82) is 0 Å². The highest BCUT2D eigenvalue weighted by molar-refractivity contribution is 7.91. The summed E-state index contributed by atoms with van der Waals surface area (Å²) in [4.78, 5) is 118. The van der Waals surface area contributed by atoms with Crippen LogP contribution >= 0.6 is 25.3 Å². The van der Waals surface area contributed by atoms with Crippen LogP contribution in [-0.2, 0) is 67.5 Å². The number of benzene rings is 3. The highest BCUT2D eigenvalue weighted by Crippen LogP contribution is 2.21. The number of hydrogen-bond donors (Lipinski definition) is 16. The number of aliphatic hydroxyl groups is 2. The Morgan fingerprint density at radius 3 is 1.64 bits per heavy atom. The first kappa shape index (κ1) is 69.9. The molecule has 0 saturated carbocycles. The van der Waals surface area contributed by atoms with Crippen LogP contribution in [0.5, 0.6) is 5.75 Å². The molecule has 1 aliphatic heterocycles. The van der Waals surface area contributed by atoms with Crippen molar-refractivity contribution in [1.82, 2.24) is 52.0 Å². The fraction of sp³-hybridized carbons (Fsp3) is 0.509. The molecule has 0 bridgehead atoms. The first-order valence-electron chi connectivity index (χ1n) is 28.4. The number of rotatable bonds is 35. The molecule has 0 aliphatic carbocycles. The number of aromatic nitrogens is 1. The molecule has 86 heavy (non-hydrogen) atoms. The number of aromatic amines is 1. The number of H-pyrrole nitrogens is 1. The van der Waals surface area contributed by atoms with Crippen LogP contribution in [0.4, 0.5) is 0 Å². The Hall–Kier alpha value is -6.83. The molecule has 7 amide bonds. The SMILES string of the molecule is CC[C@H](NC(=O)[C@H](CS)NC(=O)[C@@H](N)[C@@H](C)O)C(=O)N[C@@H](CCCCN)C(=O)N[C@@H](Cc1c[nH]c2ccccc12)C(=O)N[C@@H](Cc1ccc(O)cc1)C(=O)N[C@@H](CS)C(=O)N[C@@H](Cc1ccc(S(=O)(=O)CCN2CCN(CCO)CC2)cc1)C(=O)O. The van der Waals surface area contributed by atoms with E-state index in [0.717, 1.165) is 0 Å². The lowest BCUT2D eigenvalue weighted by atomic mass is 10.0. The van der Waals surface area contributed by atoms with Gasteiger partial charge in [-0.15, -0.1) is 0 Å². The number of amides is 7. The summed E-state index contributed by atoms with van der Waals surface area (Å²) in [6, 6.07) is 7.40. The number of unbranched alkanes of at least 4 members (excludes halogenated alkanes) is 1. The number of para-hydroxylation sites is 1. The zero-order valence-corrected chi connectivity index (χ0v) is 50.8. The number of carboxylic acid groups (broad SMARTS) is 1. The van der Waals surface area contributed by atoms with E-state index in [9.17, 15) is 67.2 Å². The summed E-state index contributed by atoms with van der Waals surface area (Å²) in [5, 5.41) is 58.2. The number of carbonyl (C=O) groups excluding carboxylic acids is 7. The summed E-state index contributed by atoms with van der Waals surface area (Å²) < 4.78 is 26.6. The quantitative estimate of drug-likeness (QED) is 0.0173. The number of aliphatic carboxylic acids is 1. The van der Waals surface area contributed by atoms with Gasteiger partial charge in [-0.05, 0) is 86.2 Å². The maximum absolute atomic E-state index is 14.8. The maximum Gasteiger partial charge on any atom is 0.326 e. The molecular weight excluding hydrogens is 1170 g/mol. The Kier molecular flexibility index (Phi) is 28.1. The number of nitrogens with zero attached hydrogens (tertiary/aromatic N) is 2. The number of thiol groups is 2. The predicted octanol–water partition coefficient (Wildman–Crippen LogP) is -2.13. The lowest BCUT2D eigenvalue weighted by molar-refractivity contribution is -0.142. The van der Waals surface area contributed by atoms with Gasteiger partial charge < -0.3 is 74.1 Å². The average molecular weight is 1260 g/mol. The number of sulfone groups is 1. The van der Waals surface area contributed by atoms with Crippen molar-refractivity contribution < 1.29 is 67.2 Å². The highest BCUT2D eigenvalue weighted by Gasteiger charge is 2.35. The standard InChI is InChI=1S/C57H82N12O14S3/c1-3-41(61-54(77)48(33-85)67-56(79)49(59)34(2)71)50(73)62-43(10-6-7-19-58)51(74)64-45(30-37-31-60-42-9-5-4-8-40(37)42)53(76)63-44(28-35-11-15-38(72)16-12-35)52(75)66-47(32-84)55(78)65-46(57(80)81)29-36-13-17-39(18-14-36)86(82,83)27-25-69-22-20-68(21-23-69)24-26-70/h4-5,8-9,11-18,31,34,41,43-49,60,70-72,84-85H,3,6-7,10,19-30,32-33,58-59H2,1-2H3,(H,61,77)(H,62,73)(H,63,76)(H,64,74)(H,65,78)(H,66,75)(H,67,79)(H,80,81)/t34-,41+,43+,44+,45+,46+,47+,48+,49+/m1/s1. The Morgan fingerprint density at radius 1 is 0.628 bits per heavy atom. The summed E-state index contributed by atoms with van der Waals surface area (Å²) >= 11 is 8.46. The van der Waals surface area contributed by atoms with Crippen LogP contribution in [-0.4, -0.2) is 215 Å². The number of carboxylic acids is 1. The topological polar surface area (TPSA) is 410 Å². The third kappa shape index (κ3) is 21.2. The molecule has 2 heterocycles. The minimum atomic E-state index is -3.72. The molecule has 472 valence electrons. The molecule has 29 heteroatoms. The zero-order chi connectivity index (χ0) is 63.1. The lowest BCUT2D eigenvalue weighted by Crippen LogP contribution is -2.61. The summed E-state index contributed by atoms with van der Waals surface area (Å²) in [5.41, 5.74) is 13.7. The third-order valence-electron chi connectivity index (χ3n) is 14.7. The minimum Gasteiger partial charge on any atom is -0.508 e. The molecular formula is C57H82N12O14S3. The van der Waals surface area contributed by atoms with Gasteiger partial charge in [-0.3, -0.25) is 43.4 Å². The van der Waals surface area contributed by atoms with Gasteiger partial charge in [-0.2, -0.15) is 25.3 Å². The van der Waals surface area contributed by atoms with Crippen LogP contribution in [0.3, 0.4) is 0 Å². The first-order valence-corrected chi connectivity index (χ1v) is 31.3. The summed E-state index contributed by atoms with van der Waals surface area (Å²) in [6.45, 7) is 6.79. The monoisotopic (exact) mass is 1250 g/mol. The van der Waals surface area contributed by atoms with Crippen LogP contribution in [0.15, 0.2) is 83.9 Å². The van der Waals surface area contributed by atoms with Gasteiger partial charge in [0.1, 0.15) is 54.1 Å². The Balaban J connectivity index is 1.34. The van der Waals surface area contributed by atoms with Crippen molar-refractivity contribution in [3.05, 3.63) is 95.7 Å². The van der Waals surface area contributed by atoms with Crippen molar-refractivity contribution >= 4 is 93.3 Å². The second-order valence-electron chi connectivity index (χ2n) is 21.1. The molecule has 16 N–H and O–H groups in total. The maximum atomic E-state index is 14.8. The average Bonchev–Trinajstić information content (AvgIpc) is 3.61. The van der Waals surface area contributed by atoms with E-state index in [2.05, 4.69) is 72.4 Å². The second-order valence-corrected chi connectivity index (χ2v) is 23.9. The Bertz CT molecular complexity index is 3020. The molecule has 3 aromatic carbocycles. The minimum absolute atomic E-state index is 0.0262. The van der Waals surface area contributed by atoms with Crippen LogP contribution in [0.25, 0.3) is 10.9 Å². The lowest BCUT2D eigenvalue weighted by Gasteiger charge is -2.34. The van der Waals surface area contributed by atoms with E-state index in [4.69, 9.17) is 11.5 Å². The van der Waals surface area contributed by atoms with Crippen molar-refractivity contribution in [3.63, 3.8) is 0 Å². The van der Waals surface area contributed by atoms with Gasteiger partial charge in [-0.25, -0.2) is 13.2 Å². The molecule has 4 aromatic rings. The van der Waals surface area contributed by atoms with Gasteiger partial charge >= 0.3 is 5.97 Å². The van der Waals surface area contributed by atoms with E-state index < -0.39 is 112 Å². The van der Waals surface area contributed by atoms with Gasteiger partial charge in [0.25, 0.3) is 0 Å². The molecule has 5 rings (SSSR count). The van der Waals surface area contributed by atoms with Crippen molar-refractivity contribution in [2.24, 2.45) is 11.5 Å². The molecule has 1 saturated heterocycles. The van der Waals surface area contributed by atoms with Gasteiger partial charge in [0, 0.05) is 87.1 Å². The highest BCUT2D eigenvalue weighted by atomic mass is 32.2.